The van der Waals surface area contributed by atoms with Gasteiger partial charge in [0.05, 0.1) is 0 Å². The van der Waals surface area contributed by atoms with Gasteiger partial charge in [0.25, 0.3) is 0 Å². The maximum absolute atomic E-state index is 10.4. The molecular formula is C20H21NO. The van der Waals surface area contributed by atoms with Gasteiger partial charge in [-0.2, -0.15) is 0 Å². The van der Waals surface area contributed by atoms with Crippen molar-refractivity contribution in [2.24, 2.45) is 0 Å². The number of benzene rings is 2. The van der Waals surface area contributed by atoms with Crippen molar-refractivity contribution in [3.63, 3.8) is 0 Å². The normalized spacial score (nSPS) is 11.8. The number of nitrogens with zero attached hydrogens (tertiary/aromatic N) is 1. The van der Waals surface area contributed by atoms with Gasteiger partial charge in [-0.25, -0.2) is 0 Å². The van der Waals surface area contributed by atoms with E-state index < -0.39 is 0 Å². The molecule has 2 heteroatoms. The molecule has 2 aromatic carbocycles. The number of aromatic hydroxyl groups is 1. The van der Waals surface area contributed by atoms with E-state index in [2.05, 4.69) is 50.0 Å². The lowest BCUT2D eigenvalue weighted by Crippen LogP contribution is -2.10. The highest BCUT2D eigenvalue weighted by atomic mass is 16.3. The number of fused-ring (bicyclic) bond motifs is 1. The van der Waals surface area contributed by atoms with Crippen molar-refractivity contribution < 1.29 is 5.11 Å². The molecule has 0 saturated carbocycles. The topological polar surface area (TPSA) is 33.1 Å². The third-order valence-corrected chi connectivity index (χ3v) is 4.05. The van der Waals surface area contributed by atoms with Gasteiger partial charge in [-0.15, -0.1) is 0 Å². The fourth-order valence-corrected chi connectivity index (χ4v) is 2.66. The second kappa shape index (κ2) is 5.45. The Morgan fingerprint density at radius 3 is 2.36 bits per heavy atom. The van der Waals surface area contributed by atoms with Gasteiger partial charge in [-0.05, 0) is 22.6 Å². The minimum absolute atomic E-state index is 0.160. The predicted molar refractivity (Wildman–Crippen MR) is 91.4 cm³/mol. The summed E-state index contributed by atoms with van der Waals surface area (Å²) in [6, 6.07) is 16.5. The SMILES string of the molecule is CC(C)(C)c1ccc(Cc2ccc3cccnc3c2O)cc1. The molecule has 0 aliphatic carbocycles. The fourth-order valence-electron chi connectivity index (χ4n) is 2.66. The molecule has 0 aliphatic rings. The Morgan fingerprint density at radius 2 is 1.68 bits per heavy atom. The molecule has 0 unspecified atom stereocenters. The Balaban J connectivity index is 1.92. The quantitative estimate of drug-likeness (QED) is 0.733. The molecule has 112 valence electrons. The first-order valence-corrected chi connectivity index (χ1v) is 7.60. The monoisotopic (exact) mass is 291 g/mol. The number of aromatic nitrogens is 1. The summed E-state index contributed by atoms with van der Waals surface area (Å²) in [6.45, 7) is 6.63. The van der Waals surface area contributed by atoms with Crippen LogP contribution in [-0.4, -0.2) is 10.1 Å². The number of rotatable bonds is 2. The molecule has 0 spiro atoms. The first-order chi connectivity index (χ1) is 10.4. The van der Waals surface area contributed by atoms with Crippen molar-refractivity contribution in [2.75, 3.05) is 0 Å². The zero-order chi connectivity index (χ0) is 15.7. The van der Waals surface area contributed by atoms with Crippen molar-refractivity contribution in [1.82, 2.24) is 4.98 Å². The molecule has 1 heterocycles. The standard InChI is InChI=1S/C20H21NO/c1-20(2,3)17-10-6-14(7-11-17)13-16-9-8-15-5-4-12-21-18(15)19(16)22/h4-12,22H,13H2,1-3H3. The Hall–Kier alpha value is -2.35. The van der Waals surface area contributed by atoms with Crippen molar-refractivity contribution in [2.45, 2.75) is 32.6 Å². The predicted octanol–water partition coefficient (Wildman–Crippen LogP) is 4.83. The molecule has 3 rings (SSSR count). The van der Waals surface area contributed by atoms with Gasteiger partial charge in [0, 0.05) is 23.6 Å². The van der Waals surface area contributed by atoms with Crippen LogP contribution in [0.4, 0.5) is 0 Å². The van der Waals surface area contributed by atoms with E-state index in [9.17, 15) is 5.11 Å². The van der Waals surface area contributed by atoms with Crippen LogP contribution in [0.25, 0.3) is 10.9 Å². The summed E-state index contributed by atoms with van der Waals surface area (Å²) in [6.07, 6.45) is 2.42. The molecule has 0 atom stereocenters. The van der Waals surface area contributed by atoms with E-state index in [-0.39, 0.29) is 11.2 Å². The van der Waals surface area contributed by atoms with Crippen molar-refractivity contribution in [3.8, 4) is 5.75 Å². The maximum atomic E-state index is 10.4. The lowest BCUT2D eigenvalue weighted by Gasteiger charge is -2.19. The summed E-state index contributed by atoms with van der Waals surface area (Å²) in [7, 11) is 0. The molecule has 1 N–H and O–H groups in total. The zero-order valence-electron chi connectivity index (χ0n) is 13.3. The third-order valence-electron chi connectivity index (χ3n) is 4.05. The summed E-state index contributed by atoms with van der Waals surface area (Å²) < 4.78 is 0. The third kappa shape index (κ3) is 2.82. The second-order valence-corrected chi connectivity index (χ2v) is 6.77. The van der Waals surface area contributed by atoms with Crippen LogP contribution < -0.4 is 0 Å². The molecule has 1 aromatic heterocycles. The van der Waals surface area contributed by atoms with Gasteiger partial charge in [-0.1, -0.05) is 63.2 Å². The molecule has 3 aromatic rings. The Morgan fingerprint density at radius 1 is 0.955 bits per heavy atom. The average Bonchev–Trinajstić information content (AvgIpc) is 2.50. The molecule has 22 heavy (non-hydrogen) atoms. The Bertz CT molecular complexity index is 798. The van der Waals surface area contributed by atoms with Crippen LogP contribution in [0.2, 0.25) is 0 Å². The second-order valence-electron chi connectivity index (χ2n) is 6.77. The smallest absolute Gasteiger partial charge is 0.145 e. The zero-order valence-corrected chi connectivity index (χ0v) is 13.3. The Labute approximate surface area is 131 Å². The number of phenolic OH excluding ortho intramolecular Hbond substituents is 1. The number of pyridine rings is 1. The summed E-state index contributed by atoms with van der Waals surface area (Å²) in [5, 5.41) is 11.4. The van der Waals surface area contributed by atoms with Crippen LogP contribution in [0, 0.1) is 0 Å². The van der Waals surface area contributed by atoms with E-state index in [1.54, 1.807) is 6.20 Å². The first kappa shape index (κ1) is 14.6. The molecule has 0 amide bonds. The van der Waals surface area contributed by atoms with Gasteiger partial charge in [0.15, 0.2) is 0 Å². The van der Waals surface area contributed by atoms with E-state index in [4.69, 9.17) is 0 Å². The van der Waals surface area contributed by atoms with Crippen LogP contribution in [-0.2, 0) is 11.8 Å². The van der Waals surface area contributed by atoms with E-state index in [1.807, 2.05) is 24.3 Å². The molecular weight excluding hydrogens is 270 g/mol. The van der Waals surface area contributed by atoms with Gasteiger partial charge in [0.1, 0.15) is 11.3 Å². The van der Waals surface area contributed by atoms with Crippen molar-refractivity contribution in [1.29, 1.82) is 0 Å². The molecule has 0 aliphatic heterocycles. The van der Waals surface area contributed by atoms with Gasteiger partial charge < -0.3 is 5.11 Å². The summed E-state index contributed by atoms with van der Waals surface area (Å²) in [5.74, 6) is 0.290. The van der Waals surface area contributed by atoms with Gasteiger partial charge in [0.2, 0.25) is 0 Å². The lowest BCUT2D eigenvalue weighted by atomic mass is 9.86. The first-order valence-electron chi connectivity index (χ1n) is 7.60. The highest BCUT2D eigenvalue weighted by Crippen LogP contribution is 2.29. The van der Waals surface area contributed by atoms with Crippen LogP contribution in [0.1, 0.15) is 37.5 Å². The molecule has 0 saturated heterocycles. The Kier molecular flexibility index (Phi) is 3.61. The van der Waals surface area contributed by atoms with E-state index in [0.717, 1.165) is 10.9 Å². The summed E-state index contributed by atoms with van der Waals surface area (Å²) >= 11 is 0. The van der Waals surface area contributed by atoms with E-state index in [1.165, 1.54) is 11.1 Å². The van der Waals surface area contributed by atoms with E-state index in [0.29, 0.717) is 11.9 Å². The fraction of sp³-hybridized carbons (Fsp3) is 0.250. The molecule has 2 nitrogen and oxygen atoms in total. The molecule has 0 fully saturated rings. The minimum Gasteiger partial charge on any atom is -0.505 e. The van der Waals surface area contributed by atoms with Crippen LogP contribution in [0.3, 0.4) is 0 Å². The average molecular weight is 291 g/mol. The van der Waals surface area contributed by atoms with Crippen LogP contribution in [0.5, 0.6) is 5.75 Å². The highest BCUT2D eigenvalue weighted by molar-refractivity contribution is 5.85. The van der Waals surface area contributed by atoms with E-state index >= 15 is 0 Å². The molecule has 0 radical (unpaired) electrons. The van der Waals surface area contributed by atoms with Crippen LogP contribution in [0.15, 0.2) is 54.7 Å². The summed E-state index contributed by atoms with van der Waals surface area (Å²) in [4.78, 5) is 4.28. The van der Waals surface area contributed by atoms with Gasteiger partial charge in [-0.3, -0.25) is 4.98 Å². The minimum atomic E-state index is 0.160. The van der Waals surface area contributed by atoms with Crippen molar-refractivity contribution >= 4 is 10.9 Å². The number of hydrogen-bond acceptors (Lipinski definition) is 2. The number of phenols is 1. The van der Waals surface area contributed by atoms with Crippen molar-refractivity contribution in [3.05, 3.63) is 71.4 Å². The number of hydrogen-bond donors (Lipinski definition) is 1. The largest absolute Gasteiger partial charge is 0.505 e. The van der Waals surface area contributed by atoms with Gasteiger partial charge >= 0.3 is 0 Å². The molecule has 0 bridgehead atoms. The highest BCUT2D eigenvalue weighted by Gasteiger charge is 2.13. The summed E-state index contributed by atoms with van der Waals surface area (Å²) in [5.41, 5.74) is 4.26. The lowest BCUT2D eigenvalue weighted by molar-refractivity contribution is 0.474. The van der Waals surface area contributed by atoms with Crippen LogP contribution >= 0.6 is 0 Å². The maximum Gasteiger partial charge on any atom is 0.145 e.